The fourth-order valence-corrected chi connectivity index (χ4v) is 1.18. The van der Waals surface area contributed by atoms with Gasteiger partial charge in [-0.3, -0.25) is 0 Å². The van der Waals surface area contributed by atoms with E-state index in [-0.39, 0.29) is 0 Å². The Hall–Kier alpha value is -0.760. The Labute approximate surface area is 77.5 Å². The smallest absolute Gasteiger partial charge is 0.132 e. The van der Waals surface area contributed by atoms with Crippen LogP contribution in [-0.2, 0) is 0 Å². The fraction of sp³-hybridized carbons (Fsp3) is 0.444. The third-order valence-corrected chi connectivity index (χ3v) is 1.91. The van der Waals surface area contributed by atoms with Crippen LogP contribution in [0.3, 0.4) is 0 Å². The fourth-order valence-electron chi connectivity index (χ4n) is 1.03. The molecule has 1 rings (SSSR count). The van der Waals surface area contributed by atoms with Gasteiger partial charge in [0.15, 0.2) is 0 Å². The molecule has 66 valence electrons. The molecule has 12 heavy (non-hydrogen) atoms. The van der Waals surface area contributed by atoms with Crippen molar-refractivity contribution in [3.63, 3.8) is 0 Å². The summed E-state index contributed by atoms with van der Waals surface area (Å²) in [6, 6.07) is 1.73. The minimum Gasteiger partial charge on any atom is -0.496 e. The molecule has 0 atom stereocenters. The Balaban J connectivity index is 3.11. The van der Waals surface area contributed by atoms with Crippen molar-refractivity contribution in [1.29, 1.82) is 0 Å². The second kappa shape index (κ2) is 3.76. The van der Waals surface area contributed by atoms with Crippen LogP contribution in [0, 0.1) is 0 Å². The zero-order chi connectivity index (χ0) is 9.14. The van der Waals surface area contributed by atoms with E-state index in [0.29, 0.717) is 11.1 Å². The maximum Gasteiger partial charge on any atom is 0.132 e. The van der Waals surface area contributed by atoms with Gasteiger partial charge in [-0.2, -0.15) is 0 Å². The normalized spacial score (nSPS) is 10.4. The van der Waals surface area contributed by atoms with E-state index in [1.54, 1.807) is 19.4 Å². The number of halogens is 1. The van der Waals surface area contributed by atoms with E-state index in [2.05, 4.69) is 18.8 Å². The van der Waals surface area contributed by atoms with Crippen LogP contribution in [-0.4, -0.2) is 12.1 Å². The minimum atomic E-state index is 0.407. The summed E-state index contributed by atoms with van der Waals surface area (Å²) in [5.74, 6) is 1.22. The Morgan fingerprint density at radius 2 is 2.17 bits per heavy atom. The Bertz CT molecular complexity index is 273. The molecule has 0 amide bonds. The predicted molar refractivity (Wildman–Crippen MR) is 49.9 cm³/mol. The van der Waals surface area contributed by atoms with Gasteiger partial charge in [-0.15, -0.1) is 0 Å². The molecule has 0 bridgehead atoms. The highest BCUT2D eigenvalue weighted by Gasteiger charge is 2.07. The van der Waals surface area contributed by atoms with E-state index in [1.165, 1.54) is 0 Å². The van der Waals surface area contributed by atoms with E-state index < -0.39 is 0 Å². The molecule has 0 aliphatic carbocycles. The number of pyridine rings is 1. The largest absolute Gasteiger partial charge is 0.496 e. The van der Waals surface area contributed by atoms with E-state index in [1.807, 2.05) is 0 Å². The van der Waals surface area contributed by atoms with Crippen LogP contribution >= 0.6 is 11.6 Å². The molecule has 0 aromatic carbocycles. The Morgan fingerprint density at radius 3 is 2.67 bits per heavy atom. The summed E-state index contributed by atoms with van der Waals surface area (Å²) in [7, 11) is 1.64. The number of ether oxygens (including phenoxy) is 1. The van der Waals surface area contributed by atoms with Crippen LogP contribution in [0.5, 0.6) is 5.75 Å². The molecule has 0 radical (unpaired) electrons. The third kappa shape index (κ3) is 1.89. The van der Waals surface area contributed by atoms with Gasteiger partial charge in [-0.05, 0) is 5.92 Å². The van der Waals surface area contributed by atoms with Gasteiger partial charge in [-0.1, -0.05) is 25.4 Å². The molecule has 2 nitrogen and oxygen atoms in total. The highest BCUT2D eigenvalue weighted by molar-refractivity contribution is 6.29. The molecule has 1 aromatic rings. The average Bonchev–Trinajstić information content (AvgIpc) is 2.03. The molecule has 1 aromatic heterocycles. The molecular formula is C9H12ClNO. The monoisotopic (exact) mass is 185 g/mol. The Kier molecular flexibility index (Phi) is 2.93. The Morgan fingerprint density at radius 1 is 1.50 bits per heavy atom. The van der Waals surface area contributed by atoms with Crippen LogP contribution in [0.1, 0.15) is 25.3 Å². The van der Waals surface area contributed by atoms with Crippen LogP contribution in [0.2, 0.25) is 5.15 Å². The standard InChI is InChI=1S/C9H12ClNO/c1-6(2)7-5-11-9(10)4-8(7)12-3/h4-6H,1-3H3. The first kappa shape index (κ1) is 9.33. The summed E-state index contributed by atoms with van der Waals surface area (Å²) in [4.78, 5) is 3.99. The summed E-state index contributed by atoms with van der Waals surface area (Å²) in [6.45, 7) is 4.18. The van der Waals surface area contributed by atoms with Gasteiger partial charge >= 0.3 is 0 Å². The van der Waals surface area contributed by atoms with Crippen molar-refractivity contribution in [2.45, 2.75) is 19.8 Å². The highest BCUT2D eigenvalue weighted by Crippen LogP contribution is 2.26. The predicted octanol–water partition coefficient (Wildman–Crippen LogP) is 2.87. The lowest BCUT2D eigenvalue weighted by atomic mass is 10.1. The number of rotatable bonds is 2. The average molecular weight is 186 g/mol. The summed E-state index contributed by atoms with van der Waals surface area (Å²) >= 11 is 5.71. The van der Waals surface area contributed by atoms with Crippen LogP contribution in [0.25, 0.3) is 0 Å². The third-order valence-electron chi connectivity index (χ3n) is 1.70. The first-order valence-electron chi connectivity index (χ1n) is 3.84. The zero-order valence-electron chi connectivity index (χ0n) is 7.47. The number of aromatic nitrogens is 1. The molecule has 0 saturated carbocycles. The molecule has 0 saturated heterocycles. The van der Waals surface area contributed by atoms with E-state index in [0.717, 1.165) is 11.3 Å². The van der Waals surface area contributed by atoms with Gasteiger partial charge in [0.2, 0.25) is 0 Å². The van der Waals surface area contributed by atoms with Crippen LogP contribution < -0.4 is 4.74 Å². The van der Waals surface area contributed by atoms with E-state index in [4.69, 9.17) is 16.3 Å². The van der Waals surface area contributed by atoms with Gasteiger partial charge < -0.3 is 4.74 Å². The number of hydrogen-bond donors (Lipinski definition) is 0. The molecule has 0 unspecified atom stereocenters. The van der Waals surface area contributed by atoms with Gasteiger partial charge in [0.1, 0.15) is 10.9 Å². The minimum absolute atomic E-state index is 0.407. The summed E-state index contributed by atoms with van der Waals surface area (Å²) in [5, 5.41) is 0.469. The number of methoxy groups -OCH3 is 1. The van der Waals surface area contributed by atoms with Crippen LogP contribution in [0.15, 0.2) is 12.3 Å². The van der Waals surface area contributed by atoms with Crippen molar-refractivity contribution >= 4 is 11.6 Å². The SMILES string of the molecule is COc1cc(Cl)ncc1C(C)C. The maximum atomic E-state index is 5.71. The molecule has 0 spiro atoms. The van der Waals surface area contributed by atoms with Gasteiger partial charge in [0.25, 0.3) is 0 Å². The molecule has 3 heteroatoms. The first-order chi connectivity index (χ1) is 5.65. The molecule has 0 aliphatic heterocycles. The van der Waals surface area contributed by atoms with Gasteiger partial charge in [-0.25, -0.2) is 4.98 Å². The quantitative estimate of drug-likeness (QED) is 0.661. The van der Waals surface area contributed by atoms with Crippen LogP contribution in [0.4, 0.5) is 0 Å². The van der Waals surface area contributed by atoms with Gasteiger partial charge in [0, 0.05) is 17.8 Å². The van der Waals surface area contributed by atoms with Gasteiger partial charge in [0.05, 0.1) is 7.11 Å². The van der Waals surface area contributed by atoms with Crippen molar-refractivity contribution in [3.05, 3.63) is 23.0 Å². The van der Waals surface area contributed by atoms with Crippen molar-refractivity contribution in [3.8, 4) is 5.75 Å². The van der Waals surface area contributed by atoms with Crippen molar-refractivity contribution in [1.82, 2.24) is 4.98 Å². The molecule has 0 aliphatic rings. The van der Waals surface area contributed by atoms with Crippen molar-refractivity contribution in [2.75, 3.05) is 7.11 Å². The molecule has 0 N–H and O–H groups in total. The highest BCUT2D eigenvalue weighted by atomic mass is 35.5. The summed E-state index contributed by atoms with van der Waals surface area (Å²) in [5.41, 5.74) is 1.09. The van der Waals surface area contributed by atoms with Crippen molar-refractivity contribution < 1.29 is 4.74 Å². The lowest BCUT2D eigenvalue weighted by molar-refractivity contribution is 0.407. The first-order valence-corrected chi connectivity index (χ1v) is 4.22. The molecular weight excluding hydrogens is 174 g/mol. The number of nitrogens with zero attached hydrogens (tertiary/aromatic N) is 1. The summed E-state index contributed by atoms with van der Waals surface area (Å²) in [6.07, 6.45) is 1.76. The molecule has 1 heterocycles. The zero-order valence-corrected chi connectivity index (χ0v) is 8.22. The lowest BCUT2D eigenvalue weighted by Gasteiger charge is -2.10. The van der Waals surface area contributed by atoms with E-state index in [9.17, 15) is 0 Å². The van der Waals surface area contributed by atoms with Crippen molar-refractivity contribution in [2.24, 2.45) is 0 Å². The van der Waals surface area contributed by atoms with E-state index >= 15 is 0 Å². The maximum absolute atomic E-state index is 5.71. The summed E-state index contributed by atoms with van der Waals surface area (Å²) < 4.78 is 5.16. The topological polar surface area (TPSA) is 22.1 Å². The second-order valence-corrected chi connectivity index (χ2v) is 3.29. The second-order valence-electron chi connectivity index (χ2n) is 2.90. The lowest BCUT2D eigenvalue weighted by Crippen LogP contribution is -1.95. The molecule has 0 fully saturated rings. The number of hydrogen-bond acceptors (Lipinski definition) is 2.